The molecule has 268 valence electrons. The normalized spacial score (nSPS) is 10.9. The van der Waals surface area contributed by atoms with Gasteiger partial charge in [-0.1, -0.05) is 179 Å². The Morgan fingerprint density at radius 2 is 0.783 bits per heavy atom. The Bertz CT molecular complexity index is 828. The van der Waals surface area contributed by atoms with Gasteiger partial charge in [0.05, 0.1) is 20.6 Å². The van der Waals surface area contributed by atoms with Gasteiger partial charge in [-0.15, -0.1) is 0 Å². The third-order valence-electron chi connectivity index (χ3n) is 9.12. The number of unbranched alkanes of at least 4 members (excludes halogenated alkanes) is 22. The topological polar surface area (TPSA) is 3.88 Å². The Morgan fingerprint density at radius 1 is 0.435 bits per heavy atom. The van der Waals surface area contributed by atoms with Gasteiger partial charge in [-0.3, -0.25) is 0 Å². The van der Waals surface area contributed by atoms with Crippen LogP contribution in [0.1, 0.15) is 174 Å². The maximum atomic E-state index is 2.37. The molecule has 2 nitrogen and oxygen atoms in total. The van der Waals surface area contributed by atoms with E-state index in [0.29, 0.717) is 0 Å². The Balaban J connectivity index is 0. The molecular weight excluding hydrogens is 603 g/mol. The van der Waals surface area contributed by atoms with Gasteiger partial charge in [0.15, 0.2) is 12.4 Å². The van der Waals surface area contributed by atoms with Crippen molar-refractivity contribution in [3.8, 4) is 0 Å². The van der Waals surface area contributed by atoms with Gasteiger partial charge in [-0.2, -0.15) is 0 Å². The lowest BCUT2D eigenvalue weighted by molar-refractivity contribution is -0.903. The summed E-state index contributed by atoms with van der Waals surface area (Å²) < 4.78 is 3.39. The average Bonchev–Trinajstić information content (AvgIpc) is 3.03. The molecule has 0 aliphatic heterocycles. The van der Waals surface area contributed by atoms with Crippen molar-refractivity contribution < 1.29 is 33.9 Å². The van der Waals surface area contributed by atoms with E-state index in [4.69, 9.17) is 0 Å². The Labute approximate surface area is 301 Å². The first kappa shape index (κ1) is 47.0. The number of halogens is 2. The van der Waals surface area contributed by atoms with Gasteiger partial charge in [0.2, 0.25) is 0 Å². The smallest absolute Gasteiger partial charge is 0.168 e. The number of nitrogens with zero attached hydrogens (tertiary/aromatic N) is 2. The van der Waals surface area contributed by atoms with E-state index in [0.717, 1.165) is 11.0 Å². The highest BCUT2D eigenvalue weighted by atomic mass is 35.5. The van der Waals surface area contributed by atoms with E-state index in [2.05, 4.69) is 93.4 Å². The first-order valence-electron chi connectivity index (χ1n) is 19.4. The number of aryl methyl sites for hydroxylation is 1. The van der Waals surface area contributed by atoms with Crippen LogP contribution in [-0.2, 0) is 13.1 Å². The lowest BCUT2D eigenvalue weighted by atomic mass is 10.0. The van der Waals surface area contributed by atoms with Crippen LogP contribution in [-0.4, -0.2) is 25.1 Å². The zero-order chi connectivity index (χ0) is 31.8. The second kappa shape index (κ2) is 35.2. The molecule has 1 aromatic heterocycles. The van der Waals surface area contributed by atoms with Crippen molar-refractivity contribution in [3.63, 3.8) is 0 Å². The van der Waals surface area contributed by atoms with Crippen LogP contribution in [0.4, 0.5) is 0 Å². The molecule has 1 aromatic carbocycles. The number of pyridine rings is 1. The number of rotatable bonds is 28. The fourth-order valence-electron chi connectivity index (χ4n) is 6.26. The van der Waals surface area contributed by atoms with Gasteiger partial charge >= 0.3 is 0 Å². The summed E-state index contributed by atoms with van der Waals surface area (Å²) in [5.41, 5.74) is 1.46. The summed E-state index contributed by atoms with van der Waals surface area (Å²) in [6.07, 6.45) is 38.7. The molecule has 0 saturated heterocycles. The van der Waals surface area contributed by atoms with Crippen molar-refractivity contribution in [2.75, 3.05) is 20.6 Å². The van der Waals surface area contributed by atoms with Crippen LogP contribution in [0.3, 0.4) is 0 Å². The maximum absolute atomic E-state index is 2.37. The summed E-state index contributed by atoms with van der Waals surface area (Å²) >= 11 is 0. The molecule has 0 fully saturated rings. The molecule has 0 unspecified atom stereocenters. The predicted octanol–water partition coefficient (Wildman–Crippen LogP) is 6.65. The zero-order valence-corrected chi connectivity index (χ0v) is 32.5. The van der Waals surface area contributed by atoms with E-state index in [1.165, 1.54) is 173 Å². The van der Waals surface area contributed by atoms with Gasteiger partial charge in [0, 0.05) is 24.1 Å². The van der Waals surface area contributed by atoms with Crippen molar-refractivity contribution in [1.82, 2.24) is 0 Å². The van der Waals surface area contributed by atoms with Gasteiger partial charge < -0.3 is 29.3 Å². The number of hydrogen-bond acceptors (Lipinski definition) is 0. The molecule has 0 spiro atoms. The van der Waals surface area contributed by atoms with Crippen molar-refractivity contribution in [3.05, 3.63) is 66.5 Å². The van der Waals surface area contributed by atoms with E-state index < -0.39 is 0 Å². The van der Waals surface area contributed by atoms with E-state index in [-0.39, 0.29) is 24.8 Å². The molecule has 4 heteroatoms. The van der Waals surface area contributed by atoms with Crippen LogP contribution in [0.25, 0.3) is 0 Å². The minimum Gasteiger partial charge on any atom is -1.00 e. The van der Waals surface area contributed by atoms with Crippen LogP contribution in [0, 0.1) is 0 Å². The molecule has 2 aromatic rings. The lowest BCUT2D eigenvalue weighted by Gasteiger charge is -2.30. The minimum absolute atomic E-state index is 0. The molecule has 0 saturated carbocycles. The van der Waals surface area contributed by atoms with E-state index in [1.807, 2.05) is 0 Å². The maximum Gasteiger partial charge on any atom is 0.168 e. The number of quaternary nitrogens is 1. The molecule has 0 aliphatic carbocycles. The molecule has 0 radical (unpaired) electrons. The van der Waals surface area contributed by atoms with Crippen LogP contribution in [0.2, 0.25) is 0 Å². The minimum atomic E-state index is 0. The summed E-state index contributed by atoms with van der Waals surface area (Å²) in [6, 6.07) is 17.2. The summed E-state index contributed by atoms with van der Waals surface area (Å²) in [7, 11) is 4.75. The van der Waals surface area contributed by atoms with Gasteiger partial charge in [0.1, 0.15) is 13.1 Å². The highest BCUT2D eigenvalue weighted by molar-refractivity contribution is 5.13. The molecule has 0 amide bonds. The molecule has 46 heavy (non-hydrogen) atoms. The summed E-state index contributed by atoms with van der Waals surface area (Å²) in [5.74, 6) is 0. The highest BCUT2D eigenvalue weighted by Crippen LogP contribution is 2.15. The summed E-state index contributed by atoms with van der Waals surface area (Å²) in [6.45, 7) is 8.20. The van der Waals surface area contributed by atoms with Gasteiger partial charge in [-0.05, 0) is 19.3 Å². The SMILES string of the molecule is CCCCCCCCCCCCCCCCCC[N+](C)(C)Cc1ccccc1.CCCCCCCCCC[n+]1ccccc1.[Cl-].[Cl-]. The summed E-state index contributed by atoms with van der Waals surface area (Å²) in [5, 5.41) is 0. The lowest BCUT2D eigenvalue weighted by Crippen LogP contribution is -3.00. The Morgan fingerprint density at radius 3 is 1.20 bits per heavy atom. The molecule has 0 aliphatic rings. The fraction of sp³-hybridized carbons (Fsp3) is 0.738. The van der Waals surface area contributed by atoms with E-state index in [1.54, 1.807) is 0 Å². The Hall–Kier alpha value is -1.09. The van der Waals surface area contributed by atoms with E-state index >= 15 is 0 Å². The van der Waals surface area contributed by atoms with E-state index in [9.17, 15) is 0 Å². The van der Waals surface area contributed by atoms with Crippen molar-refractivity contribution in [1.29, 1.82) is 0 Å². The third-order valence-corrected chi connectivity index (χ3v) is 9.12. The summed E-state index contributed by atoms with van der Waals surface area (Å²) in [4.78, 5) is 0. The van der Waals surface area contributed by atoms with Crippen LogP contribution < -0.4 is 29.4 Å². The van der Waals surface area contributed by atoms with Crippen LogP contribution >= 0.6 is 0 Å². The first-order valence-corrected chi connectivity index (χ1v) is 19.4. The molecule has 1 heterocycles. The number of aromatic nitrogens is 1. The zero-order valence-electron chi connectivity index (χ0n) is 31.0. The number of benzene rings is 1. The van der Waals surface area contributed by atoms with Gasteiger partial charge in [0.25, 0.3) is 0 Å². The second-order valence-electron chi connectivity index (χ2n) is 14.2. The standard InChI is InChI=1S/C27H50N.C15H26N.2ClH/c1-4-5-6-7-8-9-10-11-12-13-14-15-16-17-18-22-25-28(2,3)26-27-23-20-19-21-24-27;1-2-3-4-5-6-7-8-10-13-16-14-11-9-12-15-16;;/h19-21,23-24H,4-18,22,25-26H2,1-3H3;9,11-12,14-15H,2-8,10,13H2,1H3;2*1H/q2*+1;;/p-2. The molecule has 0 bridgehead atoms. The first-order chi connectivity index (χ1) is 21.6. The largest absolute Gasteiger partial charge is 1.00 e. The second-order valence-corrected chi connectivity index (χ2v) is 14.2. The van der Waals surface area contributed by atoms with Crippen molar-refractivity contribution in [2.45, 2.75) is 181 Å². The van der Waals surface area contributed by atoms with Crippen LogP contribution in [0.5, 0.6) is 0 Å². The molecule has 0 atom stereocenters. The number of hydrogen-bond donors (Lipinski definition) is 0. The Kier molecular flexibility index (Phi) is 36.0. The molecule has 0 N–H and O–H groups in total. The van der Waals surface area contributed by atoms with Crippen molar-refractivity contribution >= 4 is 0 Å². The fourth-order valence-corrected chi connectivity index (χ4v) is 6.26. The average molecular weight is 680 g/mol. The monoisotopic (exact) mass is 679 g/mol. The molecule has 2 rings (SSSR count). The highest BCUT2D eigenvalue weighted by Gasteiger charge is 2.14. The van der Waals surface area contributed by atoms with Crippen LogP contribution in [0.15, 0.2) is 60.9 Å². The molecular formula is C42H76Cl2N2. The quantitative estimate of drug-likeness (QED) is 0.0539. The third kappa shape index (κ3) is 31.5. The van der Waals surface area contributed by atoms with Crippen molar-refractivity contribution in [2.24, 2.45) is 0 Å². The predicted molar refractivity (Wildman–Crippen MR) is 196 cm³/mol. The van der Waals surface area contributed by atoms with Gasteiger partial charge in [-0.25, -0.2) is 4.57 Å².